The van der Waals surface area contributed by atoms with Gasteiger partial charge >= 0.3 is 0 Å². The molecule has 2 aromatic carbocycles. The summed E-state index contributed by atoms with van der Waals surface area (Å²) in [4.78, 5) is 0. The van der Waals surface area contributed by atoms with Crippen LogP contribution < -0.4 is 0 Å². The van der Waals surface area contributed by atoms with E-state index >= 15 is 0 Å². The van der Waals surface area contributed by atoms with Gasteiger partial charge in [0.05, 0.1) is 11.3 Å². The molecule has 4 rings (SSSR count). The van der Waals surface area contributed by atoms with Crippen molar-refractivity contribution in [2.24, 2.45) is 11.3 Å². The lowest BCUT2D eigenvalue weighted by atomic mass is 9.66. The number of hydrogen-bond acceptors (Lipinski definition) is 0. The van der Waals surface area contributed by atoms with E-state index < -0.39 is 0 Å². The van der Waals surface area contributed by atoms with Crippen LogP contribution in [0.4, 0.5) is 0 Å². The van der Waals surface area contributed by atoms with Crippen LogP contribution in [0.1, 0.15) is 69.5 Å². The maximum Gasteiger partial charge on any atom is 0.185 e. The second kappa shape index (κ2) is 8.52. The molecule has 3 heteroatoms. The monoisotopic (exact) mass is 440 g/mol. The number of nitrogens with zero attached hydrogens (tertiary/aromatic N) is 1. The normalized spacial score (nSPS) is 28.7. The van der Waals surface area contributed by atoms with Crippen LogP contribution in [-0.2, 0) is 0 Å². The van der Waals surface area contributed by atoms with Crippen molar-refractivity contribution in [3.8, 4) is 0 Å². The number of benzene rings is 2. The third-order valence-electron chi connectivity index (χ3n) is 7.25. The predicted molar refractivity (Wildman–Crippen MR) is 129 cm³/mol. The van der Waals surface area contributed by atoms with Crippen molar-refractivity contribution in [3.63, 3.8) is 0 Å². The Hall–Kier alpha value is -1.57. The van der Waals surface area contributed by atoms with Crippen molar-refractivity contribution in [3.05, 3.63) is 82.4 Å². The van der Waals surface area contributed by atoms with Crippen LogP contribution in [0.25, 0.3) is 0 Å². The molecular weight excluding hydrogens is 409 g/mol. The second-order valence-electron chi connectivity index (χ2n) is 9.62. The molecule has 2 aromatic rings. The highest BCUT2D eigenvalue weighted by atomic mass is 35.5. The molecule has 0 unspecified atom stereocenters. The van der Waals surface area contributed by atoms with E-state index in [0.717, 1.165) is 22.9 Å². The molecule has 0 saturated carbocycles. The zero-order chi connectivity index (χ0) is 21.5. The van der Waals surface area contributed by atoms with Gasteiger partial charge < -0.3 is 0 Å². The molecule has 4 atom stereocenters. The summed E-state index contributed by atoms with van der Waals surface area (Å²) in [5, 5.41) is 1.60. The molecule has 0 spiro atoms. The molecule has 2 aliphatic heterocycles. The summed E-state index contributed by atoms with van der Waals surface area (Å²) < 4.78 is 2.78. The molecule has 0 fully saturated rings. The Labute approximate surface area is 191 Å². The summed E-state index contributed by atoms with van der Waals surface area (Å²) in [6, 6.07) is 17.8. The van der Waals surface area contributed by atoms with Crippen molar-refractivity contribution in [1.82, 2.24) is 0 Å². The first-order chi connectivity index (χ1) is 14.3. The Morgan fingerprint density at radius 2 is 1.83 bits per heavy atom. The van der Waals surface area contributed by atoms with E-state index in [1.807, 2.05) is 18.2 Å². The maximum atomic E-state index is 6.45. The highest BCUT2D eigenvalue weighted by Crippen LogP contribution is 2.52. The Bertz CT molecular complexity index is 959. The van der Waals surface area contributed by atoms with Crippen LogP contribution in [0.5, 0.6) is 0 Å². The smallest absolute Gasteiger partial charge is 0.185 e. The van der Waals surface area contributed by atoms with Crippen LogP contribution in [0.3, 0.4) is 0 Å². The highest BCUT2D eigenvalue weighted by Gasteiger charge is 2.55. The van der Waals surface area contributed by atoms with Gasteiger partial charge in [-0.3, -0.25) is 0 Å². The van der Waals surface area contributed by atoms with Gasteiger partial charge in [-0.2, -0.15) is 0 Å². The summed E-state index contributed by atoms with van der Waals surface area (Å²) in [7, 11) is 0. The third-order valence-corrected chi connectivity index (χ3v) is 7.73. The van der Waals surface area contributed by atoms with E-state index in [-0.39, 0.29) is 5.41 Å². The molecule has 2 aliphatic rings. The van der Waals surface area contributed by atoms with Gasteiger partial charge in [0.25, 0.3) is 0 Å². The van der Waals surface area contributed by atoms with Gasteiger partial charge in [-0.25, -0.2) is 4.58 Å². The topological polar surface area (TPSA) is 3.01 Å². The Morgan fingerprint density at radius 3 is 2.47 bits per heavy atom. The average molecular weight is 441 g/mol. The van der Waals surface area contributed by atoms with Gasteiger partial charge in [0.2, 0.25) is 0 Å². The molecule has 0 radical (unpaired) electrons. The summed E-state index contributed by atoms with van der Waals surface area (Å²) >= 11 is 12.7. The standard InChI is InChI=1S/C27H32Cl2N/c1-5-15-27(4)17-23(20-7-6-8-22(29)16-20)26(19-9-11-21(28)12-10-19)30-24(18(2)3)13-14-25(27)30/h5-12,16,18,23-24,26H,1,13-15,17H2,2-4H3/q+1/t23-,24-,26-,27+/m1/s1. The van der Waals surface area contributed by atoms with E-state index in [9.17, 15) is 0 Å². The fourth-order valence-electron chi connectivity index (χ4n) is 5.91. The zero-order valence-corrected chi connectivity index (χ0v) is 19.8. The largest absolute Gasteiger partial charge is 0.226 e. The van der Waals surface area contributed by atoms with Crippen molar-refractivity contribution < 1.29 is 4.58 Å². The SMILES string of the molecule is C=CC[C@@]1(C)C[C@H](c2cccc(Cl)c2)[C@@H](c2ccc(Cl)cc2)[N+]2=C1CC[C@@H]2C(C)C. The zero-order valence-electron chi connectivity index (χ0n) is 18.2. The summed E-state index contributed by atoms with van der Waals surface area (Å²) in [5.41, 5.74) is 4.40. The van der Waals surface area contributed by atoms with Crippen molar-refractivity contribution in [2.75, 3.05) is 0 Å². The molecule has 0 bridgehead atoms. The van der Waals surface area contributed by atoms with E-state index in [4.69, 9.17) is 23.2 Å². The molecule has 0 aliphatic carbocycles. The molecular formula is C27H32Cl2N+. The van der Waals surface area contributed by atoms with Gasteiger partial charge in [0, 0.05) is 34.4 Å². The molecule has 1 nitrogen and oxygen atoms in total. The van der Waals surface area contributed by atoms with Crippen LogP contribution in [-0.4, -0.2) is 16.3 Å². The molecule has 2 heterocycles. The summed E-state index contributed by atoms with van der Waals surface area (Å²) in [6.45, 7) is 11.3. The van der Waals surface area contributed by atoms with Gasteiger partial charge in [-0.1, -0.05) is 67.4 Å². The van der Waals surface area contributed by atoms with Gasteiger partial charge in [0.1, 0.15) is 0 Å². The summed E-state index contributed by atoms with van der Waals surface area (Å²) in [6.07, 6.45) is 6.62. The Morgan fingerprint density at radius 1 is 1.10 bits per heavy atom. The highest BCUT2D eigenvalue weighted by molar-refractivity contribution is 6.30. The lowest BCUT2D eigenvalue weighted by Crippen LogP contribution is -2.46. The van der Waals surface area contributed by atoms with E-state index in [0.29, 0.717) is 23.9 Å². The van der Waals surface area contributed by atoms with Crippen molar-refractivity contribution >= 4 is 28.9 Å². The van der Waals surface area contributed by atoms with Crippen LogP contribution in [0, 0.1) is 11.3 Å². The Kier molecular flexibility index (Phi) is 6.15. The Balaban J connectivity index is 1.94. The van der Waals surface area contributed by atoms with Gasteiger partial charge in [-0.05, 0) is 49.6 Å². The molecule has 0 amide bonds. The van der Waals surface area contributed by atoms with E-state index in [2.05, 4.69) is 68.3 Å². The van der Waals surface area contributed by atoms with Crippen LogP contribution >= 0.6 is 23.2 Å². The minimum Gasteiger partial charge on any atom is -0.226 e. The average Bonchev–Trinajstić information content (AvgIpc) is 3.15. The summed E-state index contributed by atoms with van der Waals surface area (Å²) in [5.74, 6) is 0.960. The van der Waals surface area contributed by atoms with E-state index in [1.54, 1.807) is 5.71 Å². The third kappa shape index (κ3) is 3.87. The predicted octanol–water partition coefficient (Wildman–Crippen LogP) is 8.08. The van der Waals surface area contributed by atoms with Crippen molar-refractivity contribution in [2.45, 2.75) is 64.5 Å². The van der Waals surface area contributed by atoms with Gasteiger partial charge in [0.15, 0.2) is 17.8 Å². The minimum atomic E-state index is 0.126. The van der Waals surface area contributed by atoms with Crippen molar-refractivity contribution in [1.29, 1.82) is 0 Å². The maximum absolute atomic E-state index is 6.45. The molecule has 0 aromatic heterocycles. The number of allylic oxidation sites excluding steroid dienone is 1. The van der Waals surface area contributed by atoms with Crippen LogP contribution in [0.2, 0.25) is 10.0 Å². The molecule has 30 heavy (non-hydrogen) atoms. The second-order valence-corrected chi connectivity index (χ2v) is 10.5. The molecule has 158 valence electrons. The lowest BCUT2D eigenvalue weighted by Gasteiger charge is -2.41. The minimum absolute atomic E-state index is 0.126. The fourth-order valence-corrected chi connectivity index (χ4v) is 6.24. The quantitative estimate of drug-likeness (QED) is 0.326. The first kappa shape index (κ1) is 21.7. The van der Waals surface area contributed by atoms with Crippen LogP contribution in [0.15, 0.2) is 61.2 Å². The number of hydrogen-bond donors (Lipinski definition) is 0. The van der Waals surface area contributed by atoms with Gasteiger partial charge in [-0.15, -0.1) is 6.58 Å². The fraction of sp³-hybridized carbons (Fsp3) is 0.444. The first-order valence-electron chi connectivity index (χ1n) is 11.1. The lowest BCUT2D eigenvalue weighted by molar-refractivity contribution is -0.618. The molecule has 0 saturated heterocycles. The number of rotatable bonds is 5. The van der Waals surface area contributed by atoms with E-state index in [1.165, 1.54) is 24.0 Å². The first-order valence-corrected chi connectivity index (χ1v) is 11.9. The molecule has 0 N–H and O–H groups in total. The number of halogens is 2.